The molecule has 1 saturated heterocycles. The van der Waals surface area contributed by atoms with Crippen LogP contribution in [0.3, 0.4) is 0 Å². The maximum atomic E-state index is 13.2. The van der Waals surface area contributed by atoms with Crippen LogP contribution >= 0.6 is 24.0 Å². The summed E-state index contributed by atoms with van der Waals surface area (Å²) in [5, 5.41) is 0. The Hall–Kier alpha value is -2.44. The molecule has 2 aliphatic heterocycles. The Balaban J connectivity index is 1.82. The van der Waals surface area contributed by atoms with Crippen LogP contribution < -0.4 is 9.80 Å². The number of aryl methyl sites for hydroxylation is 1. The molecule has 4 nitrogen and oxygen atoms in total. The van der Waals surface area contributed by atoms with Crippen LogP contribution in [0.15, 0.2) is 53.4 Å². The average Bonchev–Trinajstić information content (AvgIpc) is 3.10. The van der Waals surface area contributed by atoms with Crippen LogP contribution in [0.5, 0.6) is 0 Å². The maximum absolute atomic E-state index is 13.2. The van der Waals surface area contributed by atoms with E-state index in [1.165, 1.54) is 16.7 Å². The number of para-hydroxylation sites is 1. The van der Waals surface area contributed by atoms with Gasteiger partial charge < -0.3 is 4.90 Å². The molecule has 2 heterocycles. The SMILES string of the molecule is CCCN1C(=O)/C(=C2/SC(=S)N(c3ccc(C)cc3)C2=O)c2ccccc21. The Labute approximate surface area is 167 Å². The second-order valence-corrected chi connectivity index (χ2v) is 8.17. The van der Waals surface area contributed by atoms with Crippen LogP contribution in [0.4, 0.5) is 11.4 Å². The molecule has 0 radical (unpaired) electrons. The number of hydrogen-bond donors (Lipinski definition) is 0. The number of fused-ring (bicyclic) bond motifs is 1. The predicted molar refractivity (Wildman–Crippen MR) is 115 cm³/mol. The molecular formula is C21H18N2O2S2. The second kappa shape index (κ2) is 6.94. The highest BCUT2D eigenvalue weighted by Crippen LogP contribution is 2.45. The first kappa shape index (κ1) is 17.9. The van der Waals surface area contributed by atoms with Crippen molar-refractivity contribution < 1.29 is 9.59 Å². The Morgan fingerprint density at radius 2 is 1.70 bits per heavy atom. The fourth-order valence-electron chi connectivity index (χ4n) is 3.38. The van der Waals surface area contributed by atoms with Crippen LogP contribution in [0.25, 0.3) is 5.57 Å². The molecule has 2 amide bonds. The number of anilines is 2. The summed E-state index contributed by atoms with van der Waals surface area (Å²) in [5.74, 6) is -0.354. The summed E-state index contributed by atoms with van der Waals surface area (Å²) in [6.45, 7) is 4.65. The lowest BCUT2D eigenvalue weighted by atomic mass is 10.1. The number of hydrogen-bond acceptors (Lipinski definition) is 4. The first-order valence-corrected chi connectivity index (χ1v) is 10.0. The van der Waals surface area contributed by atoms with Crippen LogP contribution in [0.2, 0.25) is 0 Å². The smallest absolute Gasteiger partial charge is 0.271 e. The molecule has 136 valence electrons. The van der Waals surface area contributed by atoms with Gasteiger partial charge in [-0.15, -0.1) is 0 Å². The number of amides is 2. The van der Waals surface area contributed by atoms with Gasteiger partial charge in [0.05, 0.1) is 21.9 Å². The molecule has 2 aliphatic rings. The van der Waals surface area contributed by atoms with E-state index in [2.05, 4.69) is 0 Å². The van der Waals surface area contributed by atoms with Crippen molar-refractivity contribution in [3.63, 3.8) is 0 Å². The van der Waals surface area contributed by atoms with Gasteiger partial charge in [-0.25, -0.2) is 0 Å². The summed E-state index contributed by atoms with van der Waals surface area (Å²) in [7, 11) is 0. The van der Waals surface area contributed by atoms with Gasteiger partial charge in [-0.05, 0) is 31.5 Å². The molecular weight excluding hydrogens is 376 g/mol. The van der Waals surface area contributed by atoms with Gasteiger partial charge in [-0.1, -0.05) is 66.8 Å². The number of nitrogens with zero attached hydrogens (tertiary/aromatic N) is 2. The van der Waals surface area contributed by atoms with Crippen LogP contribution in [0, 0.1) is 6.92 Å². The lowest BCUT2D eigenvalue weighted by Gasteiger charge is -2.15. The predicted octanol–water partition coefficient (Wildman–Crippen LogP) is 4.53. The molecule has 1 fully saturated rings. The van der Waals surface area contributed by atoms with E-state index in [4.69, 9.17) is 12.2 Å². The molecule has 0 aliphatic carbocycles. The van der Waals surface area contributed by atoms with E-state index in [9.17, 15) is 9.59 Å². The molecule has 0 bridgehead atoms. The zero-order valence-electron chi connectivity index (χ0n) is 15.1. The third-order valence-electron chi connectivity index (χ3n) is 4.66. The number of thioether (sulfide) groups is 1. The van der Waals surface area contributed by atoms with E-state index in [0.29, 0.717) is 21.3 Å². The zero-order chi connectivity index (χ0) is 19.1. The number of rotatable bonds is 3. The van der Waals surface area contributed by atoms with Crippen LogP contribution in [-0.4, -0.2) is 22.7 Å². The Kier molecular flexibility index (Phi) is 4.61. The standard InChI is InChI=1S/C21H18N2O2S2/c1-3-12-22-16-7-5-4-6-15(16)17(19(22)24)18-20(25)23(21(26)27-18)14-10-8-13(2)9-11-14/h4-11H,3,12H2,1-2H3/b18-17+. The topological polar surface area (TPSA) is 40.6 Å². The molecule has 0 saturated carbocycles. The maximum Gasteiger partial charge on any atom is 0.271 e. The summed E-state index contributed by atoms with van der Waals surface area (Å²) in [5.41, 5.74) is 3.96. The van der Waals surface area contributed by atoms with Gasteiger partial charge in [0.1, 0.15) is 0 Å². The van der Waals surface area contributed by atoms with Gasteiger partial charge in [0.2, 0.25) is 0 Å². The summed E-state index contributed by atoms with van der Waals surface area (Å²) in [6, 6.07) is 15.3. The quantitative estimate of drug-likeness (QED) is 0.567. The monoisotopic (exact) mass is 394 g/mol. The van der Waals surface area contributed by atoms with E-state index < -0.39 is 0 Å². The van der Waals surface area contributed by atoms with Gasteiger partial charge in [-0.2, -0.15) is 0 Å². The molecule has 0 aromatic heterocycles. The molecule has 6 heteroatoms. The third-order valence-corrected chi connectivity index (χ3v) is 6.03. The molecule has 0 atom stereocenters. The molecule has 2 aromatic rings. The van der Waals surface area contributed by atoms with E-state index in [1.54, 1.807) is 4.90 Å². The molecule has 0 unspecified atom stereocenters. The van der Waals surface area contributed by atoms with Gasteiger partial charge in [-0.3, -0.25) is 14.5 Å². The van der Waals surface area contributed by atoms with Crippen LogP contribution in [-0.2, 0) is 9.59 Å². The number of benzene rings is 2. The minimum absolute atomic E-state index is 0.123. The molecule has 2 aromatic carbocycles. The highest BCUT2D eigenvalue weighted by Gasteiger charge is 2.42. The zero-order valence-corrected chi connectivity index (χ0v) is 16.7. The van der Waals surface area contributed by atoms with Crippen molar-refractivity contribution >= 4 is 57.1 Å². The first-order valence-electron chi connectivity index (χ1n) is 8.81. The van der Waals surface area contributed by atoms with E-state index >= 15 is 0 Å². The van der Waals surface area contributed by atoms with Gasteiger partial charge in [0.15, 0.2) is 4.32 Å². The molecule has 0 spiro atoms. The van der Waals surface area contributed by atoms with Crippen molar-refractivity contribution in [2.75, 3.05) is 16.3 Å². The largest absolute Gasteiger partial charge is 0.308 e. The lowest BCUT2D eigenvalue weighted by Crippen LogP contribution is -2.29. The fraction of sp³-hybridized carbons (Fsp3) is 0.190. The minimum atomic E-state index is -0.231. The minimum Gasteiger partial charge on any atom is -0.308 e. The highest BCUT2D eigenvalue weighted by molar-refractivity contribution is 8.27. The van der Waals surface area contributed by atoms with Gasteiger partial charge >= 0.3 is 0 Å². The fourth-order valence-corrected chi connectivity index (χ4v) is 4.75. The third kappa shape index (κ3) is 2.89. The van der Waals surface area contributed by atoms with Gasteiger partial charge in [0.25, 0.3) is 11.8 Å². The van der Waals surface area contributed by atoms with Crippen molar-refractivity contribution in [1.29, 1.82) is 0 Å². The van der Waals surface area contributed by atoms with E-state index in [0.717, 1.165) is 28.9 Å². The van der Waals surface area contributed by atoms with Crippen molar-refractivity contribution in [2.45, 2.75) is 20.3 Å². The summed E-state index contributed by atoms with van der Waals surface area (Å²) < 4.78 is 0.450. The summed E-state index contributed by atoms with van der Waals surface area (Å²) >= 11 is 6.68. The van der Waals surface area contributed by atoms with E-state index in [1.807, 2.05) is 62.4 Å². The summed E-state index contributed by atoms with van der Waals surface area (Å²) in [4.78, 5) is 30.0. The van der Waals surface area contributed by atoms with E-state index in [-0.39, 0.29) is 11.8 Å². The van der Waals surface area contributed by atoms with Crippen molar-refractivity contribution in [3.05, 3.63) is 64.6 Å². The first-order chi connectivity index (χ1) is 13.0. The molecule has 0 N–H and O–H groups in total. The molecule has 27 heavy (non-hydrogen) atoms. The van der Waals surface area contributed by atoms with Gasteiger partial charge in [0, 0.05) is 12.1 Å². The average molecular weight is 395 g/mol. The normalized spacial score (nSPS) is 19.3. The Morgan fingerprint density at radius 1 is 1.00 bits per heavy atom. The van der Waals surface area contributed by atoms with Crippen molar-refractivity contribution in [2.24, 2.45) is 0 Å². The molecule has 4 rings (SSSR count). The van der Waals surface area contributed by atoms with Crippen molar-refractivity contribution in [3.8, 4) is 0 Å². The Bertz CT molecular complexity index is 995. The van der Waals surface area contributed by atoms with Crippen molar-refractivity contribution in [1.82, 2.24) is 0 Å². The number of thiocarbonyl (C=S) groups is 1. The number of carbonyl (C=O) groups is 2. The lowest BCUT2D eigenvalue weighted by molar-refractivity contribution is -0.115. The van der Waals surface area contributed by atoms with Crippen LogP contribution in [0.1, 0.15) is 24.5 Å². The Morgan fingerprint density at radius 3 is 2.41 bits per heavy atom. The second-order valence-electron chi connectivity index (χ2n) is 6.52. The highest BCUT2D eigenvalue weighted by atomic mass is 32.2. The summed E-state index contributed by atoms with van der Waals surface area (Å²) in [6.07, 6.45) is 0.845. The number of carbonyl (C=O) groups excluding carboxylic acids is 2.